The number of hydrogen-bond acceptors (Lipinski definition) is 4. The Bertz CT molecular complexity index is 706. The number of aryl methyl sites for hydroxylation is 1. The van der Waals surface area contributed by atoms with Gasteiger partial charge in [-0.1, -0.05) is 29.4 Å². The van der Waals surface area contributed by atoms with Crippen LogP contribution in [-0.4, -0.2) is 16.0 Å². The molecule has 2 aromatic rings. The van der Waals surface area contributed by atoms with Crippen molar-refractivity contribution >= 4 is 5.91 Å². The molecule has 1 aliphatic rings. The molecule has 0 saturated heterocycles. The van der Waals surface area contributed by atoms with E-state index in [9.17, 15) is 4.79 Å². The van der Waals surface area contributed by atoms with Gasteiger partial charge in [-0.15, -0.1) is 0 Å². The molecule has 1 amide bonds. The summed E-state index contributed by atoms with van der Waals surface area (Å²) in [6, 6.07) is 8.61. The summed E-state index contributed by atoms with van der Waals surface area (Å²) in [7, 11) is 0. The van der Waals surface area contributed by atoms with Gasteiger partial charge in [-0.2, -0.15) is 4.98 Å². The maximum absolute atomic E-state index is 11.3. The third-order valence-electron chi connectivity index (χ3n) is 4.43. The molecular weight excluding hydrogens is 290 g/mol. The summed E-state index contributed by atoms with van der Waals surface area (Å²) in [5.41, 5.74) is 2.21. The molecule has 3 rings (SSSR count). The molecular formula is C18H23N3O2. The van der Waals surface area contributed by atoms with Gasteiger partial charge in [0.25, 0.3) is 0 Å². The molecule has 0 bridgehead atoms. The first-order chi connectivity index (χ1) is 11.0. The zero-order valence-corrected chi connectivity index (χ0v) is 13.9. The number of amides is 1. The van der Waals surface area contributed by atoms with E-state index < -0.39 is 5.54 Å². The van der Waals surface area contributed by atoms with E-state index in [0.29, 0.717) is 17.6 Å². The molecule has 0 spiro atoms. The summed E-state index contributed by atoms with van der Waals surface area (Å²) in [6.07, 6.45) is 4.24. The second-order valence-corrected chi connectivity index (χ2v) is 6.81. The Balaban J connectivity index is 1.77. The summed E-state index contributed by atoms with van der Waals surface area (Å²) in [4.78, 5) is 15.8. The van der Waals surface area contributed by atoms with Crippen LogP contribution in [0.3, 0.4) is 0 Å². The van der Waals surface area contributed by atoms with E-state index in [1.54, 1.807) is 0 Å². The SMILES string of the molecule is CC(=O)NC(C)(C)c1noc(C[C@@H]2CCCc3ccccc32)n1. The van der Waals surface area contributed by atoms with Gasteiger partial charge in [0.2, 0.25) is 11.8 Å². The summed E-state index contributed by atoms with van der Waals surface area (Å²) < 4.78 is 5.44. The van der Waals surface area contributed by atoms with Crippen LogP contribution in [0.4, 0.5) is 0 Å². The van der Waals surface area contributed by atoms with E-state index in [4.69, 9.17) is 4.52 Å². The molecule has 1 atom stereocenters. The van der Waals surface area contributed by atoms with Crippen LogP contribution in [0, 0.1) is 0 Å². The molecule has 1 aliphatic carbocycles. The highest BCUT2D eigenvalue weighted by Crippen LogP contribution is 2.33. The van der Waals surface area contributed by atoms with Crippen LogP contribution in [0.5, 0.6) is 0 Å². The van der Waals surface area contributed by atoms with E-state index in [1.807, 2.05) is 13.8 Å². The number of benzene rings is 1. The molecule has 5 nitrogen and oxygen atoms in total. The highest BCUT2D eigenvalue weighted by atomic mass is 16.5. The molecule has 0 aliphatic heterocycles. The lowest BCUT2D eigenvalue weighted by Gasteiger charge is -2.24. The summed E-state index contributed by atoms with van der Waals surface area (Å²) in [5, 5.41) is 6.91. The van der Waals surface area contributed by atoms with Crippen molar-refractivity contribution in [1.82, 2.24) is 15.5 Å². The van der Waals surface area contributed by atoms with Crippen molar-refractivity contribution in [2.45, 2.75) is 57.9 Å². The predicted octanol–water partition coefficient (Wildman–Crippen LogP) is 3.10. The van der Waals surface area contributed by atoms with Crippen LogP contribution < -0.4 is 5.32 Å². The van der Waals surface area contributed by atoms with Crippen molar-refractivity contribution in [2.24, 2.45) is 0 Å². The summed E-state index contributed by atoms with van der Waals surface area (Å²) >= 11 is 0. The maximum Gasteiger partial charge on any atom is 0.227 e. The van der Waals surface area contributed by atoms with Crippen LogP contribution >= 0.6 is 0 Å². The fourth-order valence-corrected chi connectivity index (χ4v) is 3.36. The number of carbonyl (C=O) groups is 1. The lowest BCUT2D eigenvalue weighted by atomic mass is 9.81. The van der Waals surface area contributed by atoms with Crippen molar-refractivity contribution in [2.75, 3.05) is 0 Å². The maximum atomic E-state index is 11.3. The molecule has 0 radical (unpaired) electrons. The first kappa shape index (κ1) is 15.7. The summed E-state index contributed by atoms with van der Waals surface area (Å²) in [6.45, 7) is 5.24. The number of hydrogen-bond donors (Lipinski definition) is 1. The molecule has 1 aromatic heterocycles. The zero-order chi connectivity index (χ0) is 16.4. The van der Waals surface area contributed by atoms with Crippen molar-refractivity contribution in [3.05, 3.63) is 47.1 Å². The number of nitrogens with zero attached hydrogens (tertiary/aromatic N) is 2. The van der Waals surface area contributed by atoms with E-state index in [-0.39, 0.29) is 5.91 Å². The van der Waals surface area contributed by atoms with Gasteiger partial charge >= 0.3 is 0 Å². The molecule has 1 heterocycles. The van der Waals surface area contributed by atoms with E-state index >= 15 is 0 Å². The third-order valence-corrected chi connectivity index (χ3v) is 4.43. The van der Waals surface area contributed by atoms with Crippen molar-refractivity contribution in [1.29, 1.82) is 0 Å². The second-order valence-electron chi connectivity index (χ2n) is 6.81. The Hall–Kier alpha value is -2.17. The first-order valence-corrected chi connectivity index (χ1v) is 8.15. The number of rotatable bonds is 4. The van der Waals surface area contributed by atoms with Gasteiger partial charge in [0, 0.05) is 13.3 Å². The number of aromatic nitrogens is 2. The topological polar surface area (TPSA) is 68.0 Å². The molecule has 122 valence electrons. The monoisotopic (exact) mass is 313 g/mol. The Morgan fingerprint density at radius 3 is 2.96 bits per heavy atom. The Morgan fingerprint density at radius 2 is 2.17 bits per heavy atom. The van der Waals surface area contributed by atoms with E-state index in [0.717, 1.165) is 19.3 Å². The van der Waals surface area contributed by atoms with E-state index in [1.165, 1.54) is 24.5 Å². The summed E-state index contributed by atoms with van der Waals surface area (Å²) in [5.74, 6) is 1.48. The normalized spacial score (nSPS) is 17.6. The fourth-order valence-electron chi connectivity index (χ4n) is 3.36. The highest BCUT2D eigenvalue weighted by molar-refractivity contribution is 5.73. The van der Waals surface area contributed by atoms with Crippen LogP contribution in [-0.2, 0) is 23.2 Å². The average molecular weight is 313 g/mol. The number of nitrogens with one attached hydrogen (secondary N) is 1. The lowest BCUT2D eigenvalue weighted by molar-refractivity contribution is -0.120. The van der Waals surface area contributed by atoms with Gasteiger partial charge in [-0.3, -0.25) is 4.79 Å². The third kappa shape index (κ3) is 3.44. The fraction of sp³-hybridized carbons (Fsp3) is 0.500. The second kappa shape index (κ2) is 6.14. The molecule has 5 heteroatoms. The molecule has 0 saturated carbocycles. The quantitative estimate of drug-likeness (QED) is 0.941. The van der Waals surface area contributed by atoms with Crippen molar-refractivity contribution < 1.29 is 9.32 Å². The minimum absolute atomic E-state index is 0.109. The highest BCUT2D eigenvalue weighted by Gasteiger charge is 2.29. The van der Waals surface area contributed by atoms with Gasteiger partial charge in [-0.25, -0.2) is 0 Å². The number of carbonyl (C=O) groups excluding carboxylic acids is 1. The van der Waals surface area contributed by atoms with Gasteiger partial charge in [0.05, 0.1) is 5.54 Å². The van der Waals surface area contributed by atoms with Crippen LogP contribution in [0.25, 0.3) is 0 Å². The largest absolute Gasteiger partial charge is 0.344 e. The predicted molar refractivity (Wildman–Crippen MR) is 87.0 cm³/mol. The molecule has 1 aromatic carbocycles. The molecule has 0 unspecified atom stereocenters. The van der Waals surface area contributed by atoms with Crippen molar-refractivity contribution in [3.8, 4) is 0 Å². The average Bonchev–Trinajstić information content (AvgIpc) is 2.96. The molecule has 0 fully saturated rings. The van der Waals surface area contributed by atoms with Gasteiger partial charge in [0.15, 0.2) is 5.82 Å². The Labute approximate surface area is 136 Å². The van der Waals surface area contributed by atoms with Crippen LogP contribution in [0.2, 0.25) is 0 Å². The van der Waals surface area contributed by atoms with Gasteiger partial charge < -0.3 is 9.84 Å². The molecule has 23 heavy (non-hydrogen) atoms. The minimum Gasteiger partial charge on any atom is -0.344 e. The van der Waals surface area contributed by atoms with Gasteiger partial charge in [0.1, 0.15) is 0 Å². The van der Waals surface area contributed by atoms with Crippen LogP contribution in [0.15, 0.2) is 28.8 Å². The standard InChI is InChI=1S/C18H23N3O2/c1-12(22)20-18(2,3)17-19-16(23-21-17)11-14-9-6-8-13-7-4-5-10-15(13)14/h4-5,7,10,14H,6,8-9,11H2,1-3H3,(H,20,22)/t14-/m0/s1. The number of fused-ring (bicyclic) bond motifs is 1. The minimum atomic E-state index is -0.627. The van der Waals surface area contributed by atoms with E-state index in [2.05, 4.69) is 39.7 Å². The smallest absolute Gasteiger partial charge is 0.227 e. The molecule has 1 N–H and O–H groups in total. The zero-order valence-electron chi connectivity index (χ0n) is 13.9. The Kier molecular flexibility index (Phi) is 4.20. The Morgan fingerprint density at radius 1 is 1.39 bits per heavy atom. The van der Waals surface area contributed by atoms with Gasteiger partial charge in [-0.05, 0) is 50.2 Å². The first-order valence-electron chi connectivity index (χ1n) is 8.15. The van der Waals surface area contributed by atoms with Crippen LogP contribution in [0.1, 0.15) is 62.4 Å². The lowest BCUT2D eigenvalue weighted by Crippen LogP contribution is -2.40. The van der Waals surface area contributed by atoms with Crippen molar-refractivity contribution in [3.63, 3.8) is 0 Å².